The molecular weight excluding hydrogens is 338 g/mol. The van der Waals surface area contributed by atoms with Gasteiger partial charge in [0.1, 0.15) is 0 Å². The predicted octanol–water partition coefficient (Wildman–Crippen LogP) is 4.16. The van der Waals surface area contributed by atoms with E-state index in [0.29, 0.717) is 24.3 Å². The second kappa shape index (κ2) is 5.94. The Hall–Kier alpha value is -2.35. The van der Waals surface area contributed by atoms with Gasteiger partial charge in [-0.1, -0.05) is 24.3 Å². The van der Waals surface area contributed by atoms with Crippen LogP contribution < -0.4 is 0 Å². The second-order valence-corrected chi connectivity index (χ2v) is 5.03. The molecule has 0 unspecified atom stereocenters. The SMILES string of the molecule is O=CC(O)(c1ccc(C(F)(F)F)cc1)c1ccc(C(F)(F)F)cc1. The Morgan fingerprint density at radius 2 is 0.875 bits per heavy atom. The molecule has 0 aliphatic heterocycles. The van der Waals surface area contributed by atoms with E-state index < -0.39 is 29.1 Å². The molecule has 2 nitrogen and oxygen atoms in total. The minimum Gasteiger partial charge on any atom is -0.373 e. The van der Waals surface area contributed by atoms with Crippen LogP contribution in [0, 0.1) is 0 Å². The molecule has 0 aliphatic carbocycles. The molecule has 0 aliphatic rings. The first-order chi connectivity index (χ1) is 11.0. The molecule has 24 heavy (non-hydrogen) atoms. The standard InChI is InChI=1S/C16H10F6O2/c17-15(18,19)12-5-1-10(2-6-12)14(24,9-23)11-3-7-13(8-4-11)16(20,21)22/h1-9,24H. The zero-order valence-electron chi connectivity index (χ0n) is 11.8. The minimum atomic E-state index is -4.59. The highest BCUT2D eigenvalue weighted by molar-refractivity contribution is 5.72. The lowest BCUT2D eigenvalue weighted by Crippen LogP contribution is -2.29. The molecule has 128 valence electrons. The quantitative estimate of drug-likeness (QED) is 0.668. The number of carbonyl (C=O) groups excluding carboxylic acids is 1. The summed E-state index contributed by atoms with van der Waals surface area (Å²) in [5.41, 5.74) is -4.69. The average Bonchev–Trinajstić information content (AvgIpc) is 2.53. The molecule has 2 rings (SSSR count). The van der Waals surface area contributed by atoms with Gasteiger partial charge in [0.15, 0.2) is 11.9 Å². The van der Waals surface area contributed by atoms with Gasteiger partial charge in [0, 0.05) is 0 Å². The summed E-state index contributed by atoms with van der Waals surface area (Å²) < 4.78 is 75.2. The van der Waals surface area contributed by atoms with Crippen molar-refractivity contribution in [2.24, 2.45) is 0 Å². The summed E-state index contributed by atoms with van der Waals surface area (Å²) >= 11 is 0. The average molecular weight is 348 g/mol. The zero-order valence-corrected chi connectivity index (χ0v) is 11.8. The van der Waals surface area contributed by atoms with Gasteiger partial charge in [-0.25, -0.2) is 0 Å². The Balaban J connectivity index is 2.43. The number of benzene rings is 2. The maximum absolute atomic E-state index is 12.5. The molecule has 0 saturated carbocycles. The number of alkyl halides is 6. The molecular formula is C16H10F6O2. The van der Waals surface area contributed by atoms with Crippen LogP contribution in [0.1, 0.15) is 22.3 Å². The Kier molecular flexibility index (Phi) is 4.45. The molecule has 0 spiro atoms. The highest BCUT2D eigenvalue weighted by atomic mass is 19.4. The lowest BCUT2D eigenvalue weighted by molar-refractivity contribution is -0.138. The van der Waals surface area contributed by atoms with Gasteiger partial charge in [0.2, 0.25) is 0 Å². The number of halogens is 6. The van der Waals surface area contributed by atoms with Crippen LogP contribution in [0.4, 0.5) is 26.3 Å². The number of rotatable bonds is 3. The number of hydrogen-bond donors (Lipinski definition) is 1. The van der Waals surface area contributed by atoms with Crippen LogP contribution >= 0.6 is 0 Å². The maximum Gasteiger partial charge on any atom is 0.416 e. The van der Waals surface area contributed by atoms with Crippen molar-refractivity contribution in [3.63, 3.8) is 0 Å². The summed E-state index contributed by atoms with van der Waals surface area (Å²) in [6.07, 6.45) is -9.13. The van der Waals surface area contributed by atoms with Gasteiger partial charge in [-0.05, 0) is 35.4 Å². The first-order valence-electron chi connectivity index (χ1n) is 6.52. The largest absolute Gasteiger partial charge is 0.416 e. The number of aldehydes is 1. The van der Waals surface area contributed by atoms with Crippen molar-refractivity contribution < 1.29 is 36.2 Å². The van der Waals surface area contributed by atoms with E-state index in [0.717, 1.165) is 24.3 Å². The lowest BCUT2D eigenvalue weighted by atomic mass is 9.87. The number of hydrogen-bond acceptors (Lipinski definition) is 2. The van der Waals surface area contributed by atoms with Gasteiger partial charge in [0.25, 0.3) is 0 Å². The molecule has 0 atom stereocenters. The molecule has 0 bridgehead atoms. The molecule has 0 heterocycles. The van der Waals surface area contributed by atoms with Crippen molar-refractivity contribution in [3.05, 3.63) is 70.8 Å². The molecule has 8 heteroatoms. The summed E-state index contributed by atoms with van der Waals surface area (Å²) in [5.74, 6) is 0. The van der Waals surface area contributed by atoms with Crippen molar-refractivity contribution in [1.82, 2.24) is 0 Å². The third kappa shape index (κ3) is 3.43. The summed E-state index contributed by atoms with van der Waals surface area (Å²) in [5, 5.41) is 10.4. The molecule has 2 aromatic rings. The number of carbonyl (C=O) groups is 1. The summed E-state index contributed by atoms with van der Waals surface area (Å²) in [7, 11) is 0. The van der Waals surface area contributed by atoms with Gasteiger partial charge in [-0.15, -0.1) is 0 Å². The van der Waals surface area contributed by atoms with Crippen LogP contribution in [-0.2, 0) is 22.7 Å². The fourth-order valence-corrected chi connectivity index (χ4v) is 2.13. The first kappa shape index (κ1) is 18.0. The summed E-state index contributed by atoms with van der Waals surface area (Å²) in [6, 6.07) is 6.29. The van der Waals surface area contributed by atoms with Crippen LogP contribution in [0.2, 0.25) is 0 Å². The van der Waals surface area contributed by atoms with Crippen LogP contribution in [0.3, 0.4) is 0 Å². The third-order valence-corrected chi connectivity index (χ3v) is 3.48. The van der Waals surface area contributed by atoms with Gasteiger partial charge in [-0.3, -0.25) is 4.79 Å². The summed E-state index contributed by atoms with van der Waals surface area (Å²) in [4.78, 5) is 11.3. The Bertz CT molecular complexity index is 657. The lowest BCUT2D eigenvalue weighted by Gasteiger charge is -2.23. The van der Waals surface area contributed by atoms with E-state index in [9.17, 15) is 36.2 Å². The fourth-order valence-electron chi connectivity index (χ4n) is 2.13. The minimum absolute atomic E-state index is 0.0538. The molecule has 1 N–H and O–H groups in total. The van der Waals surface area contributed by atoms with Gasteiger partial charge >= 0.3 is 12.4 Å². The monoisotopic (exact) mass is 348 g/mol. The predicted molar refractivity (Wildman–Crippen MR) is 72.0 cm³/mol. The van der Waals surface area contributed by atoms with Crippen molar-refractivity contribution in [1.29, 1.82) is 0 Å². The van der Waals surface area contributed by atoms with E-state index in [2.05, 4.69) is 0 Å². The molecule has 0 radical (unpaired) electrons. The van der Waals surface area contributed by atoms with Crippen molar-refractivity contribution >= 4 is 6.29 Å². The van der Waals surface area contributed by atoms with Crippen LogP contribution in [0.15, 0.2) is 48.5 Å². The van der Waals surface area contributed by atoms with E-state index in [1.54, 1.807) is 0 Å². The summed E-state index contributed by atoms with van der Waals surface area (Å²) in [6.45, 7) is 0. The smallest absolute Gasteiger partial charge is 0.373 e. The fraction of sp³-hybridized carbons (Fsp3) is 0.188. The third-order valence-electron chi connectivity index (χ3n) is 3.48. The number of aliphatic hydroxyl groups is 1. The molecule has 0 amide bonds. The highest BCUT2D eigenvalue weighted by Gasteiger charge is 2.35. The normalized spacial score (nSPS) is 13.0. The Morgan fingerprint density at radius 3 is 1.08 bits per heavy atom. The van der Waals surface area contributed by atoms with Gasteiger partial charge in [-0.2, -0.15) is 26.3 Å². The van der Waals surface area contributed by atoms with Crippen molar-refractivity contribution in [3.8, 4) is 0 Å². The Labute approximate surface area is 132 Å². The van der Waals surface area contributed by atoms with Crippen molar-refractivity contribution in [2.45, 2.75) is 18.0 Å². The maximum atomic E-state index is 12.5. The molecule has 0 saturated heterocycles. The first-order valence-corrected chi connectivity index (χ1v) is 6.52. The van der Waals surface area contributed by atoms with Crippen LogP contribution in [0.25, 0.3) is 0 Å². The van der Waals surface area contributed by atoms with Crippen LogP contribution in [-0.4, -0.2) is 11.4 Å². The van der Waals surface area contributed by atoms with E-state index in [1.165, 1.54) is 0 Å². The van der Waals surface area contributed by atoms with Gasteiger partial charge < -0.3 is 5.11 Å². The highest BCUT2D eigenvalue weighted by Crippen LogP contribution is 2.34. The van der Waals surface area contributed by atoms with Crippen molar-refractivity contribution in [2.75, 3.05) is 0 Å². The Morgan fingerprint density at radius 1 is 0.625 bits per heavy atom. The molecule has 0 aromatic heterocycles. The molecule has 0 fully saturated rings. The van der Waals surface area contributed by atoms with Crippen LogP contribution in [0.5, 0.6) is 0 Å². The van der Waals surface area contributed by atoms with Gasteiger partial charge in [0.05, 0.1) is 11.1 Å². The van der Waals surface area contributed by atoms with E-state index >= 15 is 0 Å². The van der Waals surface area contributed by atoms with E-state index in [4.69, 9.17) is 0 Å². The van der Waals surface area contributed by atoms with E-state index in [1.807, 2.05) is 0 Å². The zero-order chi connectivity index (χ0) is 18.2. The molecule has 2 aromatic carbocycles. The van der Waals surface area contributed by atoms with E-state index in [-0.39, 0.29) is 17.4 Å². The topological polar surface area (TPSA) is 37.3 Å². The second-order valence-electron chi connectivity index (χ2n) is 5.03.